The molecular weight excluding hydrogens is 228 g/mol. The van der Waals surface area contributed by atoms with E-state index in [1.807, 2.05) is 19.1 Å². The van der Waals surface area contributed by atoms with Gasteiger partial charge < -0.3 is 16.0 Å². The number of benzene rings is 1. The maximum atomic E-state index is 11.9. The summed E-state index contributed by atoms with van der Waals surface area (Å²) in [5, 5.41) is 2.83. The maximum absolute atomic E-state index is 11.9. The van der Waals surface area contributed by atoms with Crippen LogP contribution < -0.4 is 11.1 Å². The van der Waals surface area contributed by atoms with Crippen molar-refractivity contribution in [3.63, 3.8) is 0 Å². The highest BCUT2D eigenvalue weighted by Crippen LogP contribution is 2.15. The largest absolute Gasteiger partial charge is 0.398 e. The van der Waals surface area contributed by atoms with Crippen LogP contribution in [0.25, 0.3) is 0 Å². The quantitative estimate of drug-likeness (QED) is 0.708. The summed E-state index contributed by atoms with van der Waals surface area (Å²) in [4.78, 5) is 19.0. The Morgan fingerprint density at radius 1 is 1.50 bits per heavy atom. The average molecular weight is 244 g/mol. The fraction of sp³-hybridized carbons (Fsp3) is 0.231. The summed E-state index contributed by atoms with van der Waals surface area (Å²) in [5.41, 5.74) is 7.84. The van der Waals surface area contributed by atoms with Crippen LogP contribution in [0.5, 0.6) is 0 Å². The van der Waals surface area contributed by atoms with E-state index in [4.69, 9.17) is 5.73 Å². The van der Waals surface area contributed by atoms with Gasteiger partial charge in [0.1, 0.15) is 5.82 Å². The van der Waals surface area contributed by atoms with Crippen molar-refractivity contribution in [3.05, 3.63) is 47.5 Å². The minimum atomic E-state index is -0.150. The van der Waals surface area contributed by atoms with Crippen LogP contribution in [0.15, 0.2) is 30.6 Å². The zero-order chi connectivity index (χ0) is 13.0. The molecule has 0 bridgehead atoms. The van der Waals surface area contributed by atoms with E-state index in [0.29, 0.717) is 24.2 Å². The number of rotatable bonds is 4. The summed E-state index contributed by atoms with van der Waals surface area (Å²) in [6.07, 6.45) is 4.12. The molecule has 5 nitrogen and oxygen atoms in total. The van der Waals surface area contributed by atoms with E-state index in [1.54, 1.807) is 18.5 Å². The molecule has 94 valence electrons. The highest BCUT2D eigenvalue weighted by molar-refractivity contribution is 5.99. The first-order chi connectivity index (χ1) is 8.68. The van der Waals surface area contributed by atoms with Gasteiger partial charge in [0.15, 0.2) is 0 Å². The molecule has 0 aliphatic heterocycles. The van der Waals surface area contributed by atoms with Gasteiger partial charge in [-0.05, 0) is 18.6 Å². The predicted molar refractivity (Wildman–Crippen MR) is 70.2 cm³/mol. The molecule has 0 unspecified atom stereocenters. The third-order valence-corrected chi connectivity index (χ3v) is 2.77. The molecule has 0 aliphatic carbocycles. The number of aromatic amines is 1. The highest BCUT2D eigenvalue weighted by atomic mass is 16.1. The number of aromatic nitrogens is 2. The number of nitrogen functional groups attached to an aromatic ring is 1. The molecule has 0 atom stereocenters. The molecule has 5 heteroatoms. The maximum Gasteiger partial charge on any atom is 0.253 e. The van der Waals surface area contributed by atoms with Gasteiger partial charge in [-0.15, -0.1) is 0 Å². The van der Waals surface area contributed by atoms with E-state index < -0.39 is 0 Å². The van der Waals surface area contributed by atoms with Crippen molar-refractivity contribution >= 4 is 11.6 Å². The number of carbonyl (C=O) groups excluding carboxylic acids is 1. The van der Waals surface area contributed by atoms with Crippen LogP contribution >= 0.6 is 0 Å². The monoisotopic (exact) mass is 244 g/mol. The van der Waals surface area contributed by atoms with Gasteiger partial charge in [0.25, 0.3) is 5.91 Å². The van der Waals surface area contributed by atoms with Gasteiger partial charge in [0, 0.05) is 31.0 Å². The third kappa shape index (κ3) is 2.68. The molecule has 2 aromatic rings. The van der Waals surface area contributed by atoms with Gasteiger partial charge in [-0.3, -0.25) is 4.79 Å². The molecule has 1 heterocycles. The Morgan fingerprint density at radius 2 is 2.33 bits per heavy atom. The minimum Gasteiger partial charge on any atom is -0.398 e. The van der Waals surface area contributed by atoms with Gasteiger partial charge in [-0.25, -0.2) is 4.98 Å². The average Bonchev–Trinajstić information content (AvgIpc) is 2.85. The number of imidazole rings is 1. The second kappa shape index (κ2) is 5.35. The number of nitrogens with one attached hydrogen (secondary N) is 2. The van der Waals surface area contributed by atoms with Crippen LogP contribution in [-0.4, -0.2) is 22.4 Å². The Labute approximate surface area is 105 Å². The first kappa shape index (κ1) is 12.2. The first-order valence-electron chi connectivity index (χ1n) is 5.80. The number of nitrogens with two attached hydrogens (primary N) is 1. The van der Waals surface area contributed by atoms with Crippen molar-refractivity contribution in [1.82, 2.24) is 15.3 Å². The van der Waals surface area contributed by atoms with Gasteiger partial charge in [-0.1, -0.05) is 12.1 Å². The standard InChI is InChI=1S/C13H16N4O/c1-9-3-2-4-10(12(9)14)13(18)17-6-5-11-15-7-8-16-11/h2-4,7-8H,5-6,14H2,1H3,(H,15,16)(H,17,18). The number of hydrogen-bond acceptors (Lipinski definition) is 3. The summed E-state index contributed by atoms with van der Waals surface area (Å²) >= 11 is 0. The Kier molecular flexibility index (Phi) is 3.62. The number of anilines is 1. The molecule has 18 heavy (non-hydrogen) atoms. The number of H-pyrrole nitrogens is 1. The van der Waals surface area contributed by atoms with Gasteiger partial charge in [0.2, 0.25) is 0 Å². The molecule has 0 spiro atoms. The number of nitrogens with zero attached hydrogens (tertiary/aromatic N) is 1. The normalized spacial score (nSPS) is 10.3. The van der Waals surface area contributed by atoms with Crippen LogP contribution in [0.4, 0.5) is 5.69 Å². The van der Waals surface area contributed by atoms with Crippen molar-refractivity contribution in [3.8, 4) is 0 Å². The van der Waals surface area contributed by atoms with E-state index >= 15 is 0 Å². The molecule has 4 N–H and O–H groups in total. The smallest absolute Gasteiger partial charge is 0.253 e. The fourth-order valence-corrected chi connectivity index (χ4v) is 1.70. The van der Waals surface area contributed by atoms with Crippen LogP contribution in [0.2, 0.25) is 0 Å². The molecular formula is C13H16N4O. The lowest BCUT2D eigenvalue weighted by Crippen LogP contribution is -2.26. The molecule has 1 aromatic carbocycles. The zero-order valence-corrected chi connectivity index (χ0v) is 10.2. The van der Waals surface area contributed by atoms with Gasteiger partial charge in [-0.2, -0.15) is 0 Å². The molecule has 0 saturated heterocycles. The second-order valence-electron chi connectivity index (χ2n) is 4.08. The number of amides is 1. The van der Waals surface area contributed by atoms with Crippen molar-refractivity contribution in [2.75, 3.05) is 12.3 Å². The molecule has 0 radical (unpaired) electrons. The first-order valence-corrected chi connectivity index (χ1v) is 5.80. The third-order valence-electron chi connectivity index (χ3n) is 2.77. The Balaban J connectivity index is 1.93. The predicted octanol–water partition coefficient (Wildman–Crippen LogP) is 1.27. The summed E-state index contributed by atoms with van der Waals surface area (Å²) in [5.74, 6) is 0.704. The van der Waals surface area contributed by atoms with E-state index in [1.165, 1.54) is 0 Å². The molecule has 1 aromatic heterocycles. The van der Waals surface area contributed by atoms with Crippen LogP contribution in [0, 0.1) is 6.92 Å². The Morgan fingerprint density at radius 3 is 3.06 bits per heavy atom. The number of carbonyl (C=O) groups is 1. The highest BCUT2D eigenvalue weighted by Gasteiger charge is 2.10. The molecule has 0 fully saturated rings. The topological polar surface area (TPSA) is 83.8 Å². The fourth-order valence-electron chi connectivity index (χ4n) is 1.70. The lowest BCUT2D eigenvalue weighted by molar-refractivity contribution is 0.0955. The molecule has 2 rings (SSSR count). The summed E-state index contributed by atoms with van der Waals surface area (Å²) in [6.45, 7) is 2.41. The van der Waals surface area contributed by atoms with E-state index in [-0.39, 0.29) is 5.91 Å². The van der Waals surface area contributed by atoms with Gasteiger partial charge >= 0.3 is 0 Å². The van der Waals surface area contributed by atoms with E-state index in [0.717, 1.165) is 11.4 Å². The number of aryl methyl sites for hydroxylation is 1. The van der Waals surface area contributed by atoms with Crippen LogP contribution in [0.1, 0.15) is 21.7 Å². The van der Waals surface area contributed by atoms with Crippen molar-refractivity contribution in [2.45, 2.75) is 13.3 Å². The van der Waals surface area contributed by atoms with E-state index in [2.05, 4.69) is 15.3 Å². The van der Waals surface area contributed by atoms with Crippen LogP contribution in [-0.2, 0) is 6.42 Å². The summed E-state index contributed by atoms with van der Waals surface area (Å²) in [7, 11) is 0. The number of hydrogen-bond donors (Lipinski definition) is 3. The SMILES string of the molecule is Cc1cccc(C(=O)NCCc2ncc[nH]2)c1N. The summed E-state index contributed by atoms with van der Waals surface area (Å²) in [6, 6.07) is 5.44. The lowest BCUT2D eigenvalue weighted by Gasteiger charge is -2.08. The molecule has 0 saturated carbocycles. The number of para-hydroxylation sites is 1. The lowest BCUT2D eigenvalue weighted by atomic mass is 10.1. The Hall–Kier alpha value is -2.30. The van der Waals surface area contributed by atoms with Crippen molar-refractivity contribution < 1.29 is 4.79 Å². The Bertz CT molecular complexity index is 534. The molecule has 1 amide bonds. The zero-order valence-electron chi connectivity index (χ0n) is 10.2. The van der Waals surface area contributed by atoms with Crippen molar-refractivity contribution in [1.29, 1.82) is 0 Å². The second-order valence-corrected chi connectivity index (χ2v) is 4.08. The molecule has 0 aliphatic rings. The van der Waals surface area contributed by atoms with Crippen LogP contribution in [0.3, 0.4) is 0 Å². The van der Waals surface area contributed by atoms with Crippen molar-refractivity contribution in [2.24, 2.45) is 0 Å². The summed E-state index contributed by atoms with van der Waals surface area (Å²) < 4.78 is 0. The minimum absolute atomic E-state index is 0.150. The van der Waals surface area contributed by atoms with E-state index in [9.17, 15) is 4.79 Å². The van der Waals surface area contributed by atoms with Gasteiger partial charge in [0.05, 0.1) is 5.56 Å².